The molecule has 2 amide bonds. The quantitative estimate of drug-likeness (QED) is 0.631. The molecule has 0 aromatic heterocycles. The van der Waals surface area contributed by atoms with Crippen molar-refractivity contribution in [3.05, 3.63) is 69.4 Å². The third-order valence-corrected chi connectivity index (χ3v) is 6.46. The normalized spacial score (nSPS) is 18.0. The summed E-state index contributed by atoms with van der Waals surface area (Å²) in [6.45, 7) is 9.72. The number of amides is 2. The Kier molecular flexibility index (Phi) is 5.46. The molecule has 30 heavy (non-hydrogen) atoms. The number of benzene rings is 2. The van der Waals surface area contributed by atoms with Crippen LogP contribution in [0, 0.1) is 26.7 Å². The molecule has 0 saturated carbocycles. The van der Waals surface area contributed by atoms with Gasteiger partial charge in [-0.05, 0) is 68.4 Å². The first kappa shape index (κ1) is 20.7. The minimum atomic E-state index is -0.272. The molecule has 4 nitrogen and oxygen atoms in total. The second kappa shape index (κ2) is 7.92. The predicted molar refractivity (Wildman–Crippen MR) is 121 cm³/mol. The van der Waals surface area contributed by atoms with Crippen LogP contribution >= 0.6 is 11.6 Å². The van der Waals surface area contributed by atoms with Crippen molar-refractivity contribution in [1.29, 1.82) is 0 Å². The summed E-state index contributed by atoms with van der Waals surface area (Å²) in [5.41, 5.74) is 5.39. The maximum Gasteiger partial charge on any atom is 0.282 e. The summed E-state index contributed by atoms with van der Waals surface area (Å²) in [6, 6.07) is 11.3. The van der Waals surface area contributed by atoms with E-state index < -0.39 is 0 Å². The molecule has 0 aliphatic carbocycles. The van der Waals surface area contributed by atoms with Crippen molar-refractivity contribution >= 4 is 34.7 Å². The lowest BCUT2D eigenvalue weighted by Gasteiger charge is -2.33. The lowest BCUT2D eigenvalue weighted by molar-refractivity contribution is -0.120. The number of hydrogen-bond acceptors (Lipinski definition) is 3. The third kappa shape index (κ3) is 3.54. The van der Waals surface area contributed by atoms with Crippen LogP contribution in [0.2, 0.25) is 5.02 Å². The highest BCUT2D eigenvalue weighted by Gasteiger charge is 2.43. The Hall–Kier alpha value is -2.59. The van der Waals surface area contributed by atoms with Gasteiger partial charge in [-0.15, -0.1) is 0 Å². The summed E-state index contributed by atoms with van der Waals surface area (Å²) in [7, 11) is 0. The van der Waals surface area contributed by atoms with E-state index in [0.29, 0.717) is 27.9 Å². The first-order chi connectivity index (χ1) is 14.3. The molecule has 1 saturated heterocycles. The second-order valence-electron chi connectivity index (χ2n) is 8.59. The molecule has 156 valence electrons. The fourth-order valence-corrected chi connectivity index (χ4v) is 4.59. The molecule has 0 N–H and O–H groups in total. The minimum absolute atomic E-state index is 0.255. The molecule has 5 heteroatoms. The van der Waals surface area contributed by atoms with Crippen molar-refractivity contribution in [2.45, 2.75) is 40.5 Å². The highest BCUT2D eigenvalue weighted by Crippen LogP contribution is 2.39. The van der Waals surface area contributed by atoms with Crippen LogP contribution in [0.25, 0.3) is 5.57 Å². The molecule has 2 aliphatic rings. The van der Waals surface area contributed by atoms with Crippen molar-refractivity contribution in [2.75, 3.05) is 18.0 Å². The Morgan fingerprint density at radius 3 is 2.27 bits per heavy atom. The van der Waals surface area contributed by atoms with E-state index in [0.717, 1.165) is 48.2 Å². The monoisotopic (exact) mass is 422 g/mol. The van der Waals surface area contributed by atoms with Gasteiger partial charge in [0.05, 0.1) is 11.3 Å². The van der Waals surface area contributed by atoms with Gasteiger partial charge in [0.1, 0.15) is 5.70 Å². The fourth-order valence-electron chi connectivity index (χ4n) is 4.42. The summed E-state index contributed by atoms with van der Waals surface area (Å²) < 4.78 is 0. The first-order valence-electron chi connectivity index (χ1n) is 10.5. The van der Waals surface area contributed by atoms with Gasteiger partial charge in [0.15, 0.2) is 0 Å². The van der Waals surface area contributed by atoms with Gasteiger partial charge in [0.2, 0.25) is 0 Å². The van der Waals surface area contributed by atoms with E-state index in [9.17, 15) is 9.59 Å². The van der Waals surface area contributed by atoms with Crippen LogP contribution in [0.5, 0.6) is 0 Å². The van der Waals surface area contributed by atoms with Crippen molar-refractivity contribution < 1.29 is 9.59 Å². The van der Waals surface area contributed by atoms with Crippen molar-refractivity contribution in [1.82, 2.24) is 4.90 Å². The van der Waals surface area contributed by atoms with E-state index in [2.05, 4.69) is 17.9 Å². The van der Waals surface area contributed by atoms with Gasteiger partial charge in [-0.3, -0.25) is 9.59 Å². The lowest BCUT2D eigenvalue weighted by Crippen LogP contribution is -2.38. The number of carbonyl (C=O) groups excluding carboxylic acids is 2. The number of halogens is 1. The summed E-state index contributed by atoms with van der Waals surface area (Å²) >= 11 is 6.21. The zero-order valence-corrected chi connectivity index (χ0v) is 18.7. The summed E-state index contributed by atoms with van der Waals surface area (Å²) in [6.07, 6.45) is 2.03. The van der Waals surface area contributed by atoms with E-state index in [-0.39, 0.29) is 11.8 Å². The van der Waals surface area contributed by atoms with Crippen molar-refractivity contribution in [2.24, 2.45) is 5.92 Å². The number of nitrogens with zero attached hydrogens (tertiary/aromatic N) is 2. The van der Waals surface area contributed by atoms with Crippen LogP contribution in [0.15, 0.2) is 42.1 Å². The largest absolute Gasteiger partial charge is 0.366 e. The first-order valence-corrected chi connectivity index (χ1v) is 10.9. The average Bonchev–Trinajstić information content (AvgIpc) is 2.95. The maximum atomic E-state index is 13.7. The molecule has 0 unspecified atom stereocenters. The molecule has 2 aromatic rings. The summed E-state index contributed by atoms with van der Waals surface area (Å²) in [5.74, 6) is 0.103. The van der Waals surface area contributed by atoms with Crippen LogP contribution in [-0.2, 0) is 9.59 Å². The standard InChI is InChI=1S/C25H27ClN2O2/c1-15-9-11-27(12-10-15)23-22(20-8-5-16(2)13-18(20)4)24(29)28(25(23)30)21-14-19(26)7-6-17(21)3/h5-8,13-15H,9-12H2,1-4H3. The molecule has 4 rings (SSSR count). The summed E-state index contributed by atoms with van der Waals surface area (Å²) in [5, 5.41) is 0.504. The molecule has 0 spiro atoms. The number of imide groups is 1. The third-order valence-electron chi connectivity index (χ3n) is 6.22. The number of likely N-dealkylation sites (tertiary alicyclic amines) is 1. The van der Waals surface area contributed by atoms with Gasteiger partial charge in [-0.1, -0.05) is 48.4 Å². The number of anilines is 1. The second-order valence-corrected chi connectivity index (χ2v) is 9.02. The van der Waals surface area contributed by atoms with Crippen LogP contribution in [0.1, 0.15) is 42.0 Å². The molecule has 2 aliphatic heterocycles. The Labute approximate surface area is 183 Å². The fraction of sp³-hybridized carbons (Fsp3) is 0.360. The maximum absolute atomic E-state index is 13.7. The van der Waals surface area contributed by atoms with Gasteiger partial charge >= 0.3 is 0 Å². The van der Waals surface area contributed by atoms with Crippen LogP contribution in [0.4, 0.5) is 5.69 Å². The van der Waals surface area contributed by atoms with E-state index in [1.54, 1.807) is 12.1 Å². The summed E-state index contributed by atoms with van der Waals surface area (Å²) in [4.78, 5) is 30.8. The van der Waals surface area contributed by atoms with Crippen molar-refractivity contribution in [3.8, 4) is 0 Å². The molecular weight excluding hydrogens is 396 g/mol. The zero-order valence-electron chi connectivity index (χ0n) is 18.0. The molecule has 1 fully saturated rings. The highest BCUT2D eigenvalue weighted by molar-refractivity contribution is 6.46. The SMILES string of the molecule is Cc1ccc(C2=C(N3CCC(C)CC3)C(=O)N(c3cc(Cl)ccc3C)C2=O)c(C)c1. The van der Waals surface area contributed by atoms with Gasteiger partial charge < -0.3 is 4.90 Å². The predicted octanol–water partition coefficient (Wildman–Crippen LogP) is 5.28. The Balaban J connectivity index is 1.87. The lowest BCUT2D eigenvalue weighted by atomic mass is 9.95. The topological polar surface area (TPSA) is 40.6 Å². The molecule has 0 atom stereocenters. The smallest absolute Gasteiger partial charge is 0.282 e. The van der Waals surface area contributed by atoms with E-state index in [1.807, 2.05) is 39.0 Å². The number of piperidine rings is 1. The average molecular weight is 423 g/mol. The van der Waals surface area contributed by atoms with E-state index >= 15 is 0 Å². The molecular formula is C25H27ClN2O2. The number of rotatable bonds is 3. The van der Waals surface area contributed by atoms with Crippen molar-refractivity contribution in [3.63, 3.8) is 0 Å². The number of aryl methyl sites for hydroxylation is 3. The molecule has 0 radical (unpaired) electrons. The molecule has 0 bridgehead atoms. The zero-order chi connectivity index (χ0) is 21.6. The Bertz CT molecular complexity index is 1060. The number of hydrogen-bond donors (Lipinski definition) is 0. The van der Waals surface area contributed by atoms with E-state index in [1.165, 1.54) is 4.90 Å². The Morgan fingerprint density at radius 2 is 1.60 bits per heavy atom. The van der Waals surface area contributed by atoms with Crippen LogP contribution < -0.4 is 4.90 Å². The highest BCUT2D eigenvalue weighted by atomic mass is 35.5. The van der Waals surface area contributed by atoms with Gasteiger partial charge in [0, 0.05) is 18.1 Å². The van der Waals surface area contributed by atoms with Gasteiger partial charge in [0.25, 0.3) is 11.8 Å². The molecule has 2 aromatic carbocycles. The van der Waals surface area contributed by atoms with Crippen LogP contribution in [-0.4, -0.2) is 29.8 Å². The van der Waals surface area contributed by atoms with Gasteiger partial charge in [-0.2, -0.15) is 0 Å². The Morgan fingerprint density at radius 1 is 0.900 bits per heavy atom. The molecule has 2 heterocycles. The minimum Gasteiger partial charge on any atom is -0.366 e. The number of carbonyl (C=O) groups is 2. The van der Waals surface area contributed by atoms with Crippen LogP contribution in [0.3, 0.4) is 0 Å². The van der Waals surface area contributed by atoms with Gasteiger partial charge in [-0.25, -0.2) is 4.90 Å². The van der Waals surface area contributed by atoms with E-state index in [4.69, 9.17) is 11.6 Å².